The molecule has 0 aliphatic carbocycles. The molecular formula is C30H27N3O4S2. The van der Waals surface area contributed by atoms with E-state index in [9.17, 15) is 14.4 Å². The largest absolute Gasteiger partial charge is 0.492 e. The molecule has 0 spiro atoms. The highest BCUT2D eigenvalue weighted by molar-refractivity contribution is 8.00. The molecule has 0 atom stereocenters. The molecule has 3 N–H and O–H groups in total. The summed E-state index contributed by atoms with van der Waals surface area (Å²) < 4.78 is 5.56. The SMILES string of the molecule is CCOc1ccccc1NC(=O)CSc1cccc(NC(=O)/C(=C/c2ccsc2)NC(=O)c2ccccc2)c1. The van der Waals surface area contributed by atoms with Crippen molar-refractivity contribution in [3.8, 4) is 5.75 Å². The molecule has 1 heterocycles. The maximum Gasteiger partial charge on any atom is 0.272 e. The van der Waals surface area contributed by atoms with Crippen LogP contribution in [-0.4, -0.2) is 30.1 Å². The second-order valence-electron chi connectivity index (χ2n) is 8.18. The zero-order chi connectivity index (χ0) is 27.5. The number of nitrogens with one attached hydrogen (secondary N) is 3. The fraction of sp³-hybridized carbons (Fsp3) is 0.100. The van der Waals surface area contributed by atoms with Gasteiger partial charge in [-0.25, -0.2) is 0 Å². The van der Waals surface area contributed by atoms with Crippen molar-refractivity contribution in [2.75, 3.05) is 23.0 Å². The van der Waals surface area contributed by atoms with E-state index < -0.39 is 5.91 Å². The summed E-state index contributed by atoms with van der Waals surface area (Å²) in [5.74, 6) is -0.222. The van der Waals surface area contributed by atoms with Gasteiger partial charge in [-0.3, -0.25) is 14.4 Å². The first-order valence-corrected chi connectivity index (χ1v) is 14.1. The fourth-order valence-corrected chi connectivity index (χ4v) is 4.89. The molecule has 0 aliphatic heterocycles. The molecule has 0 bridgehead atoms. The monoisotopic (exact) mass is 557 g/mol. The minimum Gasteiger partial charge on any atom is -0.492 e. The maximum atomic E-state index is 13.2. The molecular weight excluding hydrogens is 530 g/mol. The quantitative estimate of drug-likeness (QED) is 0.149. The van der Waals surface area contributed by atoms with E-state index in [2.05, 4.69) is 16.0 Å². The summed E-state index contributed by atoms with van der Waals surface area (Å²) in [6.07, 6.45) is 1.63. The third-order valence-electron chi connectivity index (χ3n) is 5.31. The first-order valence-electron chi connectivity index (χ1n) is 12.2. The van der Waals surface area contributed by atoms with Crippen LogP contribution in [-0.2, 0) is 9.59 Å². The van der Waals surface area contributed by atoms with Crippen molar-refractivity contribution in [1.29, 1.82) is 0 Å². The predicted molar refractivity (Wildman–Crippen MR) is 158 cm³/mol. The summed E-state index contributed by atoms with van der Waals surface area (Å²) >= 11 is 2.84. The molecule has 198 valence electrons. The molecule has 39 heavy (non-hydrogen) atoms. The van der Waals surface area contributed by atoms with Crippen LogP contribution in [0.25, 0.3) is 6.08 Å². The summed E-state index contributed by atoms with van der Waals surface area (Å²) in [7, 11) is 0. The van der Waals surface area contributed by atoms with Crippen LogP contribution in [0, 0.1) is 0 Å². The molecule has 0 saturated heterocycles. The van der Waals surface area contributed by atoms with Crippen LogP contribution in [0.1, 0.15) is 22.8 Å². The average molecular weight is 558 g/mol. The van der Waals surface area contributed by atoms with E-state index >= 15 is 0 Å². The Kier molecular flexibility index (Phi) is 9.93. The summed E-state index contributed by atoms with van der Waals surface area (Å²) in [4.78, 5) is 39.3. The van der Waals surface area contributed by atoms with Gasteiger partial charge in [0.25, 0.3) is 11.8 Å². The van der Waals surface area contributed by atoms with Gasteiger partial charge in [-0.2, -0.15) is 11.3 Å². The van der Waals surface area contributed by atoms with Crippen molar-refractivity contribution >= 4 is 58.3 Å². The maximum absolute atomic E-state index is 13.2. The highest BCUT2D eigenvalue weighted by Gasteiger charge is 2.16. The third-order valence-corrected chi connectivity index (χ3v) is 7.00. The number of hydrogen-bond acceptors (Lipinski definition) is 6. The van der Waals surface area contributed by atoms with Gasteiger partial charge in [0.2, 0.25) is 5.91 Å². The van der Waals surface area contributed by atoms with Gasteiger partial charge >= 0.3 is 0 Å². The number of hydrogen-bond donors (Lipinski definition) is 3. The van der Waals surface area contributed by atoms with Crippen LogP contribution in [0.5, 0.6) is 5.75 Å². The molecule has 0 radical (unpaired) electrons. The highest BCUT2D eigenvalue weighted by Crippen LogP contribution is 2.26. The molecule has 9 heteroatoms. The molecule has 7 nitrogen and oxygen atoms in total. The van der Waals surface area contributed by atoms with Crippen molar-refractivity contribution in [3.63, 3.8) is 0 Å². The van der Waals surface area contributed by atoms with Gasteiger partial charge in [-0.15, -0.1) is 11.8 Å². The van der Waals surface area contributed by atoms with E-state index in [1.165, 1.54) is 23.1 Å². The number of anilines is 2. The second kappa shape index (κ2) is 14.0. The van der Waals surface area contributed by atoms with Crippen molar-refractivity contribution in [1.82, 2.24) is 5.32 Å². The lowest BCUT2D eigenvalue weighted by molar-refractivity contribution is -0.114. The minimum atomic E-state index is -0.460. The molecule has 3 aromatic carbocycles. The summed E-state index contributed by atoms with van der Waals surface area (Å²) in [6.45, 7) is 2.39. The summed E-state index contributed by atoms with van der Waals surface area (Å²) in [6, 6.07) is 25.0. The van der Waals surface area contributed by atoms with E-state index in [1.54, 1.807) is 54.6 Å². The Labute approximate surface area is 235 Å². The lowest BCUT2D eigenvalue weighted by Gasteiger charge is -2.12. The number of carbonyl (C=O) groups is 3. The molecule has 3 amide bonds. The normalized spacial score (nSPS) is 10.9. The number of thiophene rings is 1. The van der Waals surface area contributed by atoms with Gasteiger partial charge in [-0.1, -0.05) is 36.4 Å². The lowest BCUT2D eigenvalue weighted by Crippen LogP contribution is -2.30. The van der Waals surface area contributed by atoms with Gasteiger partial charge in [0, 0.05) is 16.1 Å². The van der Waals surface area contributed by atoms with Gasteiger partial charge < -0.3 is 20.7 Å². The standard InChI is InChI=1S/C30H27N3O4S2/c1-2-37-27-14-7-6-13-25(27)32-28(34)20-39-24-12-8-11-23(18-24)31-30(36)26(17-21-15-16-38-19-21)33-29(35)22-9-4-3-5-10-22/h3-19H,2,20H2,1H3,(H,31,36)(H,32,34)(H,33,35)/b26-17-. The van der Waals surface area contributed by atoms with E-state index in [0.29, 0.717) is 29.3 Å². The number of carbonyl (C=O) groups excluding carboxylic acids is 3. The minimum absolute atomic E-state index is 0.118. The Bertz CT molecular complexity index is 1450. The van der Waals surface area contributed by atoms with E-state index in [4.69, 9.17) is 4.74 Å². The smallest absolute Gasteiger partial charge is 0.272 e. The average Bonchev–Trinajstić information content (AvgIpc) is 3.47. The molecule has 0 unspecified atom stereocenters. The predicted octanol–water partition coefficient (Wildman–Crippen LogP) is 6.29. The Hall–Kier alpha value is -4.34. The Morgan fingerprint density at radius 3 is 2.49 bits per heavy atom. The van der Waals surface area contributed by atoms with E-state index in [0.717, 1.165) is 10.5 Å². The highest BCUT2D eigenvalue weighted by atomic mass is 32.2. The lowest BCUT2D eigenvalue weighted by atomic mass is 10.2. The number of rotatable bonds is 11. The van der Waals surface area contributed by atoms with Crippen molar-refractivity contribution in [2.24, 2.45) is 0 Å². The topological polar surface area (TPSA) is 96.5 Å². The van der Waals surface area contributed by atoms with Crippen molar-refractivity contribution in [3.05, 3.63) is 113 Å². The van der Waals surface area contributed by atoms with Crippen LogP contribution in [0.2, 0.25) is 0 Å². The van der Waals surface area contributed by atoms with Crippen molar-refractivity contribution in [2.45, 2.75) is 11.8 Å². The second-order valence-corrected chi connectivity index (χ2v) is 10.0. The Morgan fingerprint density at radius 1 is 0.923 bits per heavy atom. The first kappa shape index (κ1) is 27.7. The first-order chi connectivity index (χ1) is 19.0. The van der Waals surface area contributed by atoms with E-state index in [1.807, 2.05) is 54.1 Å². The molecule has 4 aromatic rings. The van der Waals surface area contributed by atoms with Crippen LogP contribution >= 0.6 is 23.1 Å². The van der Waals surface area contributed by atoms with Crippen LogP contribution < -0.4 is 20.7 Å². The molecule has 0 fully saturated rings. The zero-order valence-corrected chi connectivity index (χ0v) is 22.8. The van der Waals surface area contributed by atoms with Crippen molar-refractivity contribution < 1.29 is 19.1 Å². The van der Waals surface area contributed by atoms with Gasteiger partial charge in [-0.05, 0) is 77.9 Å². The molecule has 1 aromatic heterocycles. The Morgan fingerprint density at radius 2 is 1.72 bits per heavy atom. The number of thioether (sulfide) groups is 1. The number of para-hydroxylation sites is 2. The Balaban J connectivity index is 1.40. The van der Waals surface area contributed by atoms with Crippen LogP contribution in [0.15, 0.2) is 106 Å². The van der Waals surface area contributed by atoms with Crippen LogP contribution in [0.4, 0.5) is 11.4 Å². The molecule has 4 rings (SSSR count). The van der Waals surface area contributed by atoms with Gasteiger partial charge in [0.1, 0.15) is 11.4 Å². The number of amides is 3. The number of ether oxygens (including phenoxy) is 1. The summed E-state index contributed by atoms with van der Waals surface area (Å²) in [5, 5.41) is 12.2. The van der Waals surface area contributed by atoms with Gasteiger partial charge in [0.15, 0.2) is 0 Å². The van der Waals surface area contributed by atoms with Gasteiger partial charge in [0.05, 0.1) is 18.0 Å². The molecule has 0 saturated carbocycles. The van der Waals surface area contributed by atoms with E-state index in [-0.39, 0.29) is 23.3 Å². The molecule has 0 aliphatic rings. The zero-order valence-electron chi connectivity index (χ0n) is 21.2. The fourth-order valence-electron chi connectivity index (χ4n) is 3.51. The van der Waals surface area contributed by atoms with Crippen LogP contribution in [0.3, 0.4) is 0 Å². The number of benzene rings is 3. The third kappa shape index (κ3) is 8.33. The summed E-state index contributed by atoms with van der Waals surface area (Å²) in [5.41, 5.74) is 2.53.